The first kappa shape index (κ1) is 20.4. The molecule has 4 aromatic rings. The van der Waals surface area contributed by atoms with Crippen molar-refractivity contribution < 1.29 is 4.79 Å². The van der Waals surface area contributed by atoms with Gasteiger partial charge in [-0.3, -0.25) is 9.36 Å². The second kappa shape index (κ2) is 9.73. The van der Waals surface area contributed by atoms with E-state index in [1.807, 2.05) is 72.8 Å². The number of aromatic nitrogens is 3. The number of rotatable bonds is 7. The number of benzene rings is 3. The summed E-state index contributed by atoms with van der Waals surface area (Å²) in [6.07, 6.45) is 0. The van der Waals surface area contributed by atoms with Crippen LogP contribution >= 0.6 is 27.7 Å². The van der Waals surface area contributed by atoms with Gasteiger partial charge in [-0.15, -0.1) is 10.2 Å². The number of para-hydroxylation sites is 1. The van der Waals surface area contributed by atoms with E-state index < -0.39 is 0 Å². The maximum atomic E-state index is 12.4. The fourth-order valence-electron chi connectivity index (χ4n) is 2.97. The molecular weight excluding hydrogens is 460 g/mol. The number of carbonyl (C=O) groups is 1. The van der Waals surface area contributed by atoms with Crippen LogP contribution in [0.25, 0.3) is 11.4 Å². The van der Waals surface area contributed by atoms with E-state index in [2.05, 4.69) is 48.1 Å². The van der Waals surface area contributed by atoms with Gasteiger partial charge in [-0.2, -0.15) is 0 Å². The van der Waals surface area contributed by atoms with E-state index >= 15 is 0 Å². The molecule has 7 heteroatoms. The average Bonchev–Trinajstić information content (AvgIpc) is 3.16. The number of thioether (sulfide) groups is 1. The van der Waals surface area contributed by atoms with E-state index in [9.17, 15) is 4.79 Å². The minimum Gasteiger partial charge on any atom is -0.325 e. The molecule has 150 valence electrons. The third kappa shape index (κ3) is 5.17. The van der Waals surface area contributed by atoms with Crippen LogP contribution in [-0.4, -0.2) is 26.4 Å². The van der Waals surface area contributed by atoms with E-state index in [0.29, 0.717) is 11.7 Å². The van der Waals surface area contributed by atoms with E-state index in [4.69, 9.17) is 0 Å². The molecule has 30 heavy (non-hydrogen) atoms. The maximum absolute atomic E-state index is 12.4. The second-order valence-electron chi connectivity index (χ2n) is 6.59. The maximum Gasteiger partial charge on any atom is 0.234 e. The molecule has 1 heterocycles. The molecule has 0 fully saturated rings. The average molecular weight is 479 g/mol. The zero-order chi connectivity index (χ0) is 20.8. The van der Waals surface area contributed by atoms with Crippen LogP contribution in [0, 0.1) is 0 Å². The number of hydrogen-bond acceptors (Lipinski definition) is 4. The van der Waals surface area contributed by atoms with Gasteiger partial charge >= 0.3 is 0 Å². The molecule has 1 N–H and O–H groups in total. The van der Waals surface area contributed by atoms with Crippen molar-refractivity contribution in [2.75, 3.05) is 11.1 Å². The van der Waals surface area contributed by atoms with Crippen LogP contribution in [0.15, 0.2) is 94.6 Å². The van der Waals surface area contributed by atoms with Gasteiger partial charge in [0.2, 0.25) is 5.91 Å². The zero-order valence-electron chi connectivity index (χ0n) is 16.0. The summed E-state index contributed by atoms with van der Waals surface area (Å²) in [5, 5.41) is 12.4. The van der Waals surface area contributed by atoms with Crippen LogP contribution in [0.2, 0.25) is 0 Å². The summed E-state index contributed by atoms with van der Waals surface area (Å²) in [6.45, 7) is 0.627. The first-order valence-corrected chi connectivity index (χ1v) is 11.2. The second-order valence-corrected chi connectivity index (χ2v) is 8.45. The first-order valence-electron chi connectivity index (χ1n) is 9.40. The van der Waals surface area contributed by atoms with Gasteiger partial charge in [0.25, 0.3) is 0 Å². The van der Waals surface area contributed by atoms with Crippen LogP contribution in [0.5, 0.6) is 0 Å². The summed E-state index contributed by atoms with van der Waals surface area (Å²) in [6, 6.07) is 27.6. The quantitative estimate of drug-likeness (QED) is 0.357. The topological polar surface area (TPSA) is 59.8 Å². The predicted octanol–water partition coefficient (Wildman–Crippen LogP) is 5.49. The van der Waals surface area contributed by atoms with Crippen LogP contribution in [-0.2, 0) is 11.3 Å². The number of halogens is 1. The summed E-state index contributed by atoms with van der Waals surface area (Å²) in [5.74, 6) is 0.949. The van der Waals surface area contributed by atoms with Gasteiger partial charge in [0.15, 0.2) is 11.0 Å². The standard InChI is InChI=1S/C23H19BrN4OS/c24-19-13-11-18(12-14-19)22-26-27-23(28(22)15-17-7-3-1-4-8-17)30-16-21(29)25-20-9-5-2-6-10-20/h1-14H,15-16H2,(H,25,29). The van der Waals surface area contributed by atoms with Crippen LogP contribution in [0.4, 0.5) is 5.69 Å². The normalized spacial score (nSPS) is 10.7. The Labute approximate surface area is 187 Å². The van der Waals surface area contributed by atoms with Crippen molar-refractivity contribution in [3.05, 3.63) is 95.0 Å². The fraction of sp³-hybridized carbons (Fsp3) is 0.0870. The lowest BCUT2D eigenvalue weighted by molar-refractivity contribution is -0.113. The first-order chi connectivity index (χ1) is 14.7. The van der Waals surface area contributed by atoms with Crippen molar-refractivity contribution in [3.8, 4) is 11.4 Å². The number of anilines is 1. The van der Waals surface area contributed by atoms with Gasteiger partial charge in [0.05, 0.1) is 12.3 Å². The summed E-state index contributed by atoms with van der Waals surface area (Å²) in [4.78, 5) is 12.4. The molecule has 3 aromatic carbocycles. The summed E-state index contributed by atoms with van der Waals surface area (Å²) < 4.78 is 3.06. The van der Waals surface area contributed by atoms with Crippen molar-refractivity contribution >= 4 is 39.3 Å². The number of hydrogen-bond donors (Lipinski definition) is 1. The monoisotopic (exact) mass is 478 g/mol. The Kier molecular flexibility index (Phi) is 6.61. The molecule has 5 nitrogen and oxygen atoms in total. The van der Waals surface area contributed by atoms with E-state index in [0.717, 1.165) is 27.1 Å². The molecule has 4 rings (SSSR count). The highest BCUT2D eigenvalue weighted by Gasteiger charge is 2.16. The Balaban J connectivity index is 1.55. The summed E-state index contributed by atoms with van der Waals surface area (Å²) >= 11 is 4.85. The molecule has 1 amide bonds. The summed E-state index contributed by atoms with van der Waals surface area (Å²) in [7, 11) is 0. The zero-order valence-corrected chi connectivity index (χ0v) is 18.4. The van der Waals surface area contributed by atoms with Gasteiger partial charge in [-0.05, 0) is 29.8 Å². The molecule has 0 aliphatic rings. The Morgan fingerprint density at radius 2 is 1.57 bits per heavy atom. The van der Waals surface area contributed by atoms with Gasteiger partial charge in [0.1, 0.15) is 0 Å². The molecule has 1 aromatic heterocycles. The van der Waals surface area contributed by atoms with Gasteiger partial charge in [-0.25, -0.2) is 0 Å². The molecule has 0 aliphatic carbocycles. The Bertz CT molecular complexity index is 1120. The van der Waals surface area contributed by atoms with Crippen molar-refractivity contribution in [1.29, 1.82) is 0 Å². The van der Waals surface area contributed by atoms with E-state index in [1.54, 1.807) is 0 Å². The van der Waals surface area contributed by atoms with Gasteiger partial charge < -0.3 is 5.32 Å². The molecule has 0 aliphatic heterocycles. The third-order valence-corrected chi connectivity index (χ3v) is 5.89. The van der Waals surface area contributed by atoms with Crippen molar-refractivity contribution in [3.63, 3.8) is 0 Å². The molecular formula is C23H19BrN4OS. The SMILES string of the molecule is O=C(CSc1nnc(-c2ccc(Br)cc2)n1Cc1ccccc1)Nc1ccccc1. The molecule has 0 saturated carbocycles. The highest BCUT2D eigenvalue weighted by atomic mass is 79.9. The van der Waals surface area contributed by atoms with Crippen molar-refractivity contribution in [2.45, 2.75) is 11.7 Å². The van der Waals surface area contributed by atoms with E-state index in [1.165, 1.54) is 11.8 Å². The fourth-order valence-corrected chi connectivity index (χ4v) is 3.97. The largest absolute Gasteiger partial charge is 0.325 e. The van der Waals surface area contributed by atoms with Crippen LogP contribution in [0.1, 0.15) is 5.56 Å². The van der Waals surface area contributed by atoms with E-state index in [-0.39, 0.29) is 11.7 Å². The minimum atomic E-state index is -0.0781. The third-order valence-electron chi connectivity index (χ3n) is 4.39. The van der Waals surface area contributed by atoms with Crippen molar-refractivity contribution in [1.82, 2.24) is 14.8 Å². The number of nitrogens with zero attached hydrogens (tertiary/aromatic N) is 3. The molecule has 0 unspecified atom stereocenters. The highest BCUT2D eigenvalue weighted by Crippen LogP contribution is 2.26. The lowest BCUT2D eigenvalue weighted by atomic mass is 10.2. The van der Waals surface area contributed by atoms with Crippen molar-refractivity contribution in [2.24, 2.45) is 0 Å². The lowest BCUT2D eigenvalue weighted by Gasteiger charge is -2.11. The molecule has 0 bridgehead atoms. The lowest BCUT2D eigenvalue weighted by Crippen LogP contribution is -2.14. The predicted molar refractivity (Wildman–Crippen MR) is 124 cm³/mol. The van der Waals surface area contributed by atoms with Crippen LogP contribution in [0.3, 0.4) is 0 Å². The summed E-state index contributed by atoms with van der Waals surface area (Å²) in [5.41, 5.74) is 2.90. The molecule has 0 saturated heterocycles. The molecule has 0 atom stereocenters. The molecule has 0 spiro atoms. The van der Waals surface area contributed by atoms with Gasteiger partial charge in [-0.1, -0.05) is 88.4 Å². The Hall–Kier alpha value is -2.90. The highest BCUT2D eigenvalue weighted by molar-refractivity contribution is 9.10. The Morgan fingerprint density at radius 1 is 0.900 bits per heavy atom. The minimum absolute atomic E-state index is 0.0781. The smallest absolute Gasteiger partial charge is 0.234 e. The number of nitrogens with one attached hydrogen (secondary N) is 1. The van der Waals surface area contributed by atoms with Gasteiger partial charge in [0, 0.05) is 15.7 Å². The number of carbonyl (C=O) groups excluding carboxylic acids is 1. The number of amides is 1. The van der Waals surface area contributed by atoms with Crippen LogP contribution < -0.4 is 5.32 Å². The molecule has 0 radical (unpaired) electrons. The Morgan fingerprint density at radius 3 is 2.27 bits per heavy atom.